The number of nitrogens with zero attached hydrogens (tertiary/aromatic N) is 3. The highest BCUT2D eigenvalue weighted by molar-refractivity contribution is 6.10. The van der Waals surface area contributed by atoms with Crippen molar-refractivity contribution in [3.8, 4) is 0 Å². The van der Waals surface area contributed by atoms with E-state index in [1.165, 1.54) is 29.2 Å². The maximum absolute atomic E-state index is 13.8. The fourth-order valence-electron chi connectivity index (χ4n) is 3.91. The summed E-state index contributed by atoms with van der Waals surface area (Å²) in [6, 6.07) is 11.5. The first-order chi connectivity index (χ1) is 15.3. The number of halogens is 1. The zero-order valence-corrected chi connectivity index (χ0v) is 16.6. The van der Waals surface area contributed by atoms with Crippen molar-refractivity contribution in [3.05, 3.63) is 109 Å². The van der Waals surface area contributed by atoms with Crippen molar-refractivity contribution in [2.75, 3.05) is 4.90 Å². The summed E-state index contributed by atoms with van der Waals surface area (Å²) < 4.78 is 19.6. The first-order valence-corrected chi connectivity index (χ1v) is 9.62. The minimum absolute atomic E-state index is 0.0176. The molecule has 0 spiro atoms. The summed E-state index contributed by atoms with van der Waals surface area (Å²) in [5, 5.41) is 11.3. The number of non-ortho nitro benzene ring substituents is 1. The highest BCUT2D eigenvalue weighted by Crippen LogP contribution is 2.41. The second kappa shape index (κ2) is 7.09. The number of aryl methyl sites for hydroxylation is 1. The average Bonchev–Trinajstić information content (AvgIpc) is 3.07. The lowest BCUT2D eigenvalue weighted by Gasteiger charge is -2.24. The third-order valence-electron chi connectivity index (χ3n) is 5.37. The van der Waals surface area contributed by atoms with Crippen LogP contribution in [0.5, 0.6) is 0 Å². The van der Waals surface area contributed by atoms with E-state index in [0.29, 0.717) is 5.56 Å². The lowest BCUT2D eigenvalue weighted by molar-refractivity contribution is -0.384. The van der Waals surface area contributed by atoms with Gasteiger partial charge < -0.3 is 4.42 Å². The Hall–Kier alpha value is -4.40. The van der Waals surface area contributed by atoms with E-state index >= 15 is 0 Å². The Balaban J connectivity index is 1.82. The minimum Gasteiger partial charge on any atom is -0.450 e. The second-order valence-electron chi connectivity index (χ2n) is 7.44. The van der Waals surface area contributed by atoms with Crippen molar-refractivity contribution >= 4 is 28.4 Å². The molecule has 0 bridgehead atoms. The number of rotatable bonds is 3. The molecule has 158 valence electrons. The van der Waals surface area contributed by atoms with E-state index in [0.717, 1.165) is 17.7 Å². The molecule has 1 aliphatic rings. The van der Waals surface area contributed by atoms with Gasteiger partial charge in [-0.05, 0) is 42.3 Å². The second-order valence-corrected chi connectivity index (χ2v) is 7.44. The summed E-state index contributed by atoms with van der Waals surface area (Å²) in [7, 11) is 0. The SMILES string of the molecule is Cc1ccc(N2C(=O)c3oc4ccc(F)cc4c(=O)c3C2c2cccc([N+](=O)[O-])c2)nc1. The number of amides is 1. The number of hydrogen-bond donors (Lipinski definition) is 0. The van der Waals surface area contributed by atoms with Gasteiger partial charge in [0.05, 0.1) is 21.9 Å². The molecule has 0 radical (unpaired) electrons. The maximum Gasteiger partial charge on any atom is 0.296 e. The van der Waals surface area contributed by atoms with Crippen molar-refractivity contribution in [2.45, 2.75) is 13.0 Å². The Kier molecular flexibility index (Phi) is 4.33. The van der Waals surface area contributed by atoms with Gasteiger partial charge in [-0.3, -0.25) is 24.6 Å². The molecule has 3 heterocycles. The van der Waals surface area contributed by atoms with Crippen LogP contribution >= 0.6 is 0 Å². The third-order valence-corrected chi connectivity index (χ3v) is 5.37. The molecular formula is C23H14FN3O5. The molecule has 1 amide bonds. The van der Waals surface area contributed by atoms with Gasteiger partial charge in [-0.25, -0.2) is 9.37 Å². The lowest BCUT2D eigenvalue weighted by atomic mass is 9.98. The molecule has 0 aliphatic carbocycles. The summed E-state index contributed by atoms with van der Waals surface area (Å²) in [6.45, 7) is 1.84. The Morgan fingerprint density at radius 2 is 1.94 bits per heavy atom. The fraction of sp³-hybridized carbons (Fsp3) is 0.0870. The molecular weight excluding hydrogens is 417 g/mol. The molecule has 1 unspecified atom stereocenters. The van der Waals surface area contributed by atoms with Gasteiger partial charge in [-0.2, -0.15) is 0 Å². The lowest BCUT2D eigenvalue weighted by Crippen LogP contribution is -2.30. The number of carbonyl (C=O) groups excluding carboxylic acids is 1. The normalized spacial score (nSPS) is 15.2. The molecule has 0 saturated heterocycles. The van der Waals surface area contributed by atoms with Gasteiger partial charge >= 0.3 is 0 Å². The highest BCUT2D eigenvalue weighted by atomic mass is 19.1. The minimum atomic E-state index is -1.03. The number of benzene rings is 2. The van der Waals surface area contributed by atoms with Crippen LogP contribution in [0.1, 0.15) is 33.3 Å². The van der Waals surface area contributed by atoms with Crippen LogP contribution in [0.2, 0.25) is 0 Å². The number of hydrogen-bond acceptors (Lipinski definition) is 6. The first-order valence-electron chi connectivity index (χ1n) is 9.62. The van der Waals surface area contributed by atoms with E-state index in [2.05, 4.69) is 4.98 Å². The number of nitro benzene ring substituents is 1. The Morgan fingerprint density at radius 1 is 1.12 bits per heavy atom. The Bertz CT molecular complexity index is 1480. The monoisotopic (exact) mass is 431 g/mol. The van der Waals surface area contributed by atoms with Gasteiger partial charge in [-0.15, -0.1) is 0 Å². The smallest absolute Gasteiger partial charge is 0.296 e. The summed E-state index contributed by atoms with van der Waals surface area (Å²) in [6.07, 6.45) is 1.57. The molecule has 1 atom stereocenters. The van der Waals surface area contributed by atoms with E-state index < -0.39 is 28.1 Å². The third kappa shape index (κ3) is 2.94. The molecule has 5 rings (SSSR count). The fourth-order valence-corrected chi connectivity index (χ4v) is 3.91. The number of anilines is 1. The number of fused-ring (bicyclic) bond motifs is 2. The predicted molar refractivity (Wildman–Crippen MR) is 113 cm³/mol. The molecule has 0 fully saturated rings. The predicted octanol–water partition coefficient (Wildman–Crippen LogP) is 4.29. The van der Waals surface area contributed by atoms with Crippen molar-refractivity contribution in [2.24, 2.45) is 0 Å². The number of carbonyl (C=O) groups is 1. The standard InChI is InChI=1S/C23H14FN3O5/c1-12-5-8-18(25-11-12)26-20(13-3-2-4-15(9-13)27(30)31)19-21(28)16-10-14(24)6-7-17(16)32-22(19)23(26)29/h2-11,20H,1H3. The topological polar surface area (TPSA) is 107 Å². The van der Waals surface area contributed by atoms with Crippen LogP contribution in [-0.2, 0) is 0 Å². The van der Waals surface area contributed by atoms with E-state index in [4.69, 9.17) is 4.42 Å². The number of pyridine rings is 1. The van der Waals surface area contributed by atoms with E-state index in [1.807, 2.05) is 6.92 Å². The van der Waals surface area contributed by atoms with Crippen molar-refractivity contribution in [1.82, 2.24) is 4.98 Å². The maximum atomic E-state index is 13.8. The van der Waals surface area contributed by atoms with Crippen LogP contribution in [0, 0.1) is 22.9 Å². The molecule has 0 N–H and O–H groups in total. The van der Waals surface area contributed by atoms with Gasteiger partial charge in [0.2, 0.25) is 5.76 Å². The quantitative estimate of drug-likeness (QED) is 0.354. The molecule has 32 heavy (non-hydrogen) atoms. The zero-order valence-electron chi connectivity index (χ0n) is 16.6. The first kappa shape index (κ1) is 19.6. The Morgan fingerprint density at radius 3 is 2.66 bits per heavy atom. The molecule has 2 aromatic heterocycles. The van der Waals surface area contributed by atoms with Gasteiger partial charge in [0.15, 0.2) is 5.43 Å². The molecule has 0 saturated carbocycles. The van der Waals surface area contributed by atoms with Gasteiger partial charge in [0, 0.05) is 18.3 Å². The van der Waals surface area contributed by atoms with Crippen LogP contribution in [-0.4, -0.2) is 15.8 Å². The van der Waals surface area contributed by atoms with Crippen molar-refractivity contribution in [3.63, 3.8) is 0 Å². The van der Waals surface area contributed by atoms with Gasteiger partial charge in [0.1, 0.15) is 17.2 Å². The average molecular weight is 431 g/mol. The van der Waals surface area contributed by atoms with Gasteiger partial charge in [0.25, 0.3) is 11.6 Å². The largest absolute Gasteiger partial charge is 0.450 e. The zero-order chi connectivity index (χ0) is 22.6. The highest BCUT2D eigenvalue weighted by Gasteiger charge is 2.44. The van der Waals surface area contributed by atoms with Crippen LogP contribution in [0.15, 0.2) is 70.0 Å². The number of aromatic nitrogens is 1. The summed E-state index contributed by atoms with van der Waals surface area (Å²) in [5.41, 5.74) is 0.463. The summed E-state index contributed by atoms with van der Waals surface area (Å²) in [4.78, 5) is 43.1. The summed E-state index contributed by atoms with van der Waals surface area (Å²) in [5.74, 6) is -1.19. The van der Waals surface area contributed by atoms with Crippen LogP contribution in [0.3, 0.4) is 0 Å². The van der Waals surface area contributed by atoms with Gasteiger partial charge in [-0.1, -0.05) is 18.2 Å². The van der Waals surface area contributed by atoms with Crippen molar-refractivity contribution in [1.29, 1.82) is 0 Å². The Labute approximate surface area is 179 Å². The van der Waals surface area contributed by atoms with Crippen molar-refractivity contribution < 1.29 is 18.5 Å². The number of nitro groups is 1. The van der Waals surface area contributed by atoms with E-state index in [1.54, 1.807) is 24.4 Å². The van der Waals surface area contributed by atoms with Crippen LogP contribution < -0.4 is 10.3 Å². The van der Waals surface area contributed by atoms with E-state index in [9.17, 15) is 24.1 Å². The molecule has 9 heteroatoms. The molecule has 2 aromatic carbocycles. The molecule has 1 aliphatic heterocycles. The molecule has 4 aromatic rings. The molecule has 8 nitrogen and oxygen atoms in total. The van der Waals surface area contributed by atoms with Crippen LogP contribution in [0.4, 0.5) is 15.9 Å². The van der Waals surface area contributed by atoms with Crippen LogP contribution in [0.25, 0.3) is 11.0 Å². The van der Waals surface area contributed by atoms with E-state index in [-0.39, 0.29) is 33.8 Å². The summed E-state index contributed by atoms with van der Waals surface area (Å²) >= 11 is 0.